The summed E-state index contributed by atoms with van der Waals surface area (Å²) in [7, 11) is -3.73. The number of carbonyl (C=O) groups is 1. The molecule has 2 heterocycles. The number of benzene rings is 2. The molecule has 1 atom stereocenters. The van der Waals surface area contributed by atoms with Gasteiger partial charge in [-0.3, -0.25) is 14.2 Å². The van der Waals surface area contributed by atoms with Crippen LogP contribution in [0.15, 0.2) is 42.6 Å². The number of aliphatic hydroxyl groups excluding tert-OH is 1. The van der Waals surface area contributed by atoms with Crippen molar-refractivity contribution < 1.29 is 27.1 Å². The van der Waals surface area contributed by atoms with Crippen LogP contribution in [0.4, 0.5) is 25.8 Å². The van der Waals surface area contributed by atoms with Gasteiger partial charge in [-0.05, 0) is 61.4 Å². The van der Waals surface area contributed by atoms with Crippen LogP contribution in [0.25, 0.3) is 10.9 Å². The van der Waals surface area contributed by atoms with Crippen molar-refractivity contribution >= 4 is 43.9 Å². The van der Waals surface area contributed by atoms with Crippen molar-refractivity contribution in [2.75, 3.05) is 40.4 Å². The number of fused-ring (bicyclic) bond motifs is 1. The summed E-state index contributed by atoms with van der Waals surface area (Å²) >= 11 is 0. The summed E-state index contributed by atoms with van der Waals surface area (Å²) in [6.45, 7) is 1.15. The lowest BCUT2D eigenvalue weighted by atomic mass is 9.93. The standard InChI is InChI=1S/C27H31F2N5O4S/c28-27(29)15-18(27)16-34-17-21-22(2-1-3-23(21)31-34)30-25(36)20-5-4-19(32-39(37,38)13-12-35)14-24(20)33-10-8-26(6-7-26)9-11-33/h1-5,14,17-18,32,35H,6-13,15-16H2,(H,30,36). The highest BCUT2D eigenvalue weighted by Crippen LogP contribution is 2.54. The van der Waals surface area contributed by atoms with E-state index in [1.807, 2.05) is 0 Å². The summed E-state index contributed by atoms with van der Waals surface area (Å²) in [4.78, 5) is 15.7. The molecule has 1 unspecified atom stereocenters. The number of anilines is 3. The average molecular weight is 560 g/mol. The fraction of sp³-hybridized carbons (Fsp3) is 0.481. The molecule has 3 aromatic rings. The molecule has 12 heteroatoms. The third-order valence-electron chi connectivity index (χ3n) is 8.21. The highest BCUT2D eigenvalue weighted by molar-refractivity contribution is 7.92. The molecule has 0 radical (unpaired) electrons. The topological polar surface area (TPSA) is 117 Å². The molecule has 6 rings (SSSR count). The van der Waals surface area contributed by atoms with Crippen molar-refractivity contribution in [3.63, 3.8) is 0 Å². The number of carbonyl (C=O) groups excluding carboxylic acids is 1. The third-order valence-corrected chi connectivity index (χ3v) is 9.47. The van der Waals surface area contributed by atoms with Crippen molar-refractivity contribution in [2.24, 2.45) is 11.3 Å². The maximum Gasteiger partial charge on any atom is 0.257 e. The van der Waals surface area contributed by atoms with Crippen LogP contribution in [0.1, 0.15) is 42.5 Å². The van der Waals surface area contributed by atoms with Gasteiger partial charge in [0, 0.05) is 43.6 Å². The van der Waals surface area contributed by atoms with E-state index in [1.54, 1.807) is 36.5 Å². The number of amides is 1. The SMILES string of the molecule is O=C(Nc1cccc2nn(CC3CC3(F)F)cc12)c1ccc(NS(=O)(=O)CCO)cc1N1CCC2(CC1)CC2. The van der Waals surface area contributed by atoms with Gasteiger partial charge in [-0.25, -0.2) is 17.2 Å². The minimum absolute atomic E-state index is 0.114. The van der Waals surface area contributed by atoms with E-state index < -0.39 is 34.2 Å². The van der Waals surface area contributed by atoms with Crippen molar-refractivity contribution in [1.82, 2.24) is 9.78 Å². The second-order valence-electron chi connectivity index (χ2n) is 11.1. The highest BCUT2D eigenvalue weighted by Gasteiger charge is 2.56. The molecule has 1 amide bonds. The van der Waals surface area contributed by atoms with E-state index in [0.717, 1.165) is 25.9 Å². The van der Waals surface area contributed by atoms with Gasteiger partial charge >= 0.3 is 0 Å². The molecule has 0 bridgehead atoms. The summed E-state index contributed by atoms with van der Waals surface area (Å²) in [5.41, 5.74) is 2.87. The number of halogens is 2. The van der Waals surface area contributed by atoms with Gasteiger partial charge in [-0.1, -0.05) is 6.07 Å². The molecule has 2 saturated carbocycles. The summed E-state index contributed by atoms with van der Waals surface area (Å²) in [5.74, 6) is -4.15. The Bertz CT molecular complexity index is 1530. The molecule has 2 aromatic carbocycles. The van der Waals surface area contributed by atoms with Gasteiger partial charge in [0.25, 0.3) is 11.8 Å². The Kier molecular flexibility index (Phi) is 6.29. The van der Waals surface area contributed by atoms with Crippen LogP contribution in [-0.4, -0.2) is 60.6 Å². The predicted molar refractivity (Wildman–Crippen MR) is 145 cm³/mol. The summed E-state index contributed by atoms with van der Waals surface area (Å²) in [5, 5.41) is 17.1. The van der Waals surface area contributed by atoms with Crippen LogP contribution in [0.2, 0.25) is 0 Å². The number of nitrogens with zero attached hydrogens (tertiary/aromatic N) is 3. The molecule has 9 nitrogen and oxygen atoms in total. The molecule has 1 spiro atoms. The fourth-order valence-corrected chi connectivity index (χ4v) is 6.30. The lowest BCUT2D eigenvalue weighted by Gasteiger charge is -2.35. The van der Waals surface area contributed by atoms with Crippen LogP contribution >= 0.6 is 0 Å². The third kappa shape index (κ3) is 5.44. The molecule has 39 heavy (non-hydrogen) atoms. The number of aromatic nitrogens is 2. The maximum atomic E-state index is 13.6. The summed E-state index contributed by atoms with van der Waals surface area (Å²) in [6, 6.07) is 10.1. The molecule has 208 valence electrons. The molecule has 1 aromatic heterocycles. The first-order valence-electron chi connectivity index (χ1n) is 13.2. The maximum absolute atomic E-state index is 13.6. The summed E-state index contributed by atoms with van der Waals surface area (Å²) in [6.07, 6.45) is 6.04. The first-order valence-corrected chi connectivity index (χ1v) is 14.9. The zero-order valence-corrected chi connectivity index (χ0v) is 22.2. The quantitative estimate of drug-likeness (QED) is 0.364. The highest BCUT2D eigenvalue weighted by atomic mass is 32.2. The molecule has 1 aliphatic heterocycles. The van der Waals surface area contributed by atoms with E-state index in [1.165, 1.54) is 23.6 Å². The first-order chi connectivity index (χ1) is 18.6. The van der Waals surface area contributed by atoms with Gasteiger partial charge in [0.15, 0.2) is 0 Å². The monoisotopic (exact) mass is 559 g/mol. The van der Waals surface area contributed by atoms with Crippen LogP contribution in [0.5, 0.6) is 0 Å². The first kappa shape index (κ1) is 26.0. The number of sulfonamides is 1. The minimum Gasteiger partial charge on any atom is -0.395 e. The van der Waals surface area contributed by atoms with Gasteiger partial charge in [-0.15, -0.1) is 0 Å². The molecular formula is C27H31F2N5O4S. The second kappa shape index (κ2) is 9.44. The van der Waals surface area contributed by atoms with Crippen molar-refractivity contribution in [3.05, 3.63) is 48.2 Å². The Morgan fingerprint density at radius 3 is 2.54 bits per heavy atom. The van der Waals surface area contributed by atoms with E-state index in [4.69, 9.17) is 5.11 Å². The van der Waals surface area contributed by atoms with E-state index in [2.05, 4.69) is 20.0 Å². The molecule has 3 fully saturated rings. The number of nitrogens with one attached hydrogen (secondary N) is 2. The van der Waals surface area contributed by atoms with E-state index in [0.29, 0.717) is 38.9 Å². The van der Waals surface area contributed by atoms with Crippen LogP contribution in [0.3, 0.4) is 0 Å². The number of hydrogen-bond donors (Lipinski definition) is 3. The largest absolute Gasteiger partial charge is 0.395 e. The Morgan fingerprint density at radius 2 is 1.87 bits per heavy atom. The lowest BCUT2D eigenvalue weighted by molar-refractivity contribution is 0.0942. The normalized spacial score (nSPS) is 21.2. The molecule has 2 aliphatic carbocycles. The number of aliphatic hydroxyl groups is 1. The Morgan fingerprint density at radius 1 is 1.13 bits per heavy atom. The van der Waals surface area contributed by atoms with Gasteiger partial charge in [-0.2, -0.15) is 5.10 Å². The average Bonchev–Trinajstić information content (AvgIpc) is 3.71. The van der Waals surface area contributed by atoms with Gasteiger partial charge in [0.2, 0.25) is 10.0 Å². The fourth-order valence-electron chi connectivity index (χ4n) is 5.48. The minimum atomic E-state index is -3.73. The summed E-state index contributed by atoms with van der Waals surface area (Å²) < 4.78 is 55.4. The van der Waals surface area contributed by atoms with Crippen LogP contribution < -0.4 is 14.9 Å². The van der Waals surface area contributed by atoms with Crippen LogP contribution in [0, 0.1) is 11.3 Å². The molecule has 1 saturated heterocycles. The Labute approximate surface area is 225 Å². The molecular weight excluding hydrogens is 528 g/mol. The zero-order valence-electron chi connectivity index (χ0n) is 21.4. The van der Waals surface area contributed by atoms with E-state index in [-0.39, 0.29) is 18.9 Å². The number of alkyl halides is 2. The number of piperidine rings is 1. The zero-order chi connectivity index (χ0) is 27.4. The lowest BCUT2D eigenvalue weighted by Crippen LogP contribution is -2.35. The van der Waals surface area contributed by atoms with Crippen molar-refractivity contribution in [1.29, 1.82) is 0 Å². The number of rotatable bonds is 9. The van der Waals surface area contributed by atoms with Gasteiger partial charge in [0.05, 0.1) is 40.5 Å². The van der Waals surface area contributed by atoms with E-state index >= 15 is 0 Å². The van der Waals surface area contributed by atoms with E-state index in [9.17, 15) is 22.0 Å². The Balaban J connectivity index is 1.27. The molecule has 3 N–H and O–H groups in total. The Hall–Kier alpha value is -3.25. The van der Waals surface area contributed by atoms with Gasteiger partial charge in [0.1, 0.15) is 0 Å². The second-order valence-corrected chi connectivity index (χ2v) is 12.9. The van der Waals surface area contributed by atoms with Crippen LogP contribution in [-0.2, 0) is 16.6 Å². The van der Waals surface area contributed by atoms with Gasteiger partial charge < -0.3 is 15.3 Å². The molecule has 3 aliphatic rings. The predicted octanol–water partition coefficient (Wildman–Crippen LogP) is 4.06. The van der Waals surface area contributed by atoms with Crippen molar-refractivity contribution in [2.45, 2.75) is 44.6 Å². The number of hydrogen-bond acceptors (Lipinski definition) is 6. The van der Waals surface area contributed by atoms with Crippen molar-refractivity contribution in [3.8, 4) is 0 Å². The smallest absolute Gasteiger partial charge is 0.257 e.